The molecular weight excluding hydrogens is 195 g/mol. The van der Waals surface area contributed by atoms with Gasteiger partial charge in [-0.3, -0.25) is 0 Å². The molecule has 0 saturated heterocycles. The molecule has 0 aliphatic rings. The minimum absolute atomic E-state index is 0.105. The van der Waals surface area contributed by atoms with Gasteiger partial charge in [-0.25, -0.2) is 0 Å². The Morgan fingerprint density at radius 3 is 1.88 bits per heavy atom. The van der Waals surface area contributed by atoms with Gasteiger partial charge in [0.1, 0.15) is 37.1 Å². The minimum atomic E-state index is 0.105. The maximum Gasteiger partial charge on any atom is 0.143 e. The van der Waals surface area contributed by atoms with Crippen molar-refractivity contribution >= 4 is 53.2 Å². The summed E-state index contributed by atoms with van der Waals surface area (Å²) in [5.74, 6) is 0.994. The summed E-state index contributed by atoms with van der Waals surface area (Å²) in [7, 11) is 8.22. The third-order valence-corrected chi connectivity index (χ3v) is 3.32. The van der Waals surface area contributed by atoms with Gasteiger partial charge in [-0.1, -0.05) is 28.8 Å². The topological polar surface area (TPSA) is 29.5 Å². The van der Waals surface area contributed by atoms with Gasteiger partial charge in [0, 0.05) is 0 Å². The smallest absolute Gasteiger partial charge is 0.143 e. The number of aliphatic hydroxyl groups excluding tert-OH is 1. The van der Waals surface area contributed by atoms with Crippen molar-refractivity contribution in [2.24, 2.45) is 0 Å². The second-order valence-corrected chi connectivity index (χ2v) is 4.31. The Kier molecular flexibility index (Phi) is 4.60. The lowest BCUT2D eigenvalue weighted by atomic mass is 9.66. The highest BCUT2D eigenvalue weighted by Gasteiger charge is 2.13. The van der Waals surface area contributed by atoms with Crippen LogP contribution in [0.25, 0.3) is 0 Å². The highest BCUT2D eigenvalue weighted by Crippen LogP contribution is 2.01. The molecule has 0 fully saturated rings. The van der Waals surface area contributed by atoms with Gasteiger partial charge in [-0.15, -0.1) is 0 Å². The van der Waals surface area contributed by atoms with E-state index in [-0.39, 0.29) is 6.61 Å². The van der Waals surface area contributed by atoms with Crippen LogP contribution in [0.5, 0.6) is 5.75 Å². The standard InChI is InChI=1S/C10H18B4O2/c1-2-3-16-10-8(13)6(11)5(4-15)7(12)9(10)14/h15H,2-4,11-14H2,1H3. The first-order chi connectivity index (χ1) is 7.54. The lowest BCUT2D eigenvalue weighted by Gasteiger charge is -2.20. The maximum absolute atomic E-state index is 9.37. The number of ether oxygens (including phenoxy) is 1. The zero-order valence-electron chi connectivity index (χ0n) is 11.0. The average Bonchev–Trinajstić information content (AvgIpc) is 2.27. The van der Waals surface area contributed by atoms with Crippen molar-refractivity contribution in [3.05, 3.63) is 5.56 Å². The SMILES string of the molecule is Bc1c(B)c(OCCC)c(B)c(B)c1CO. The van der Waals surface area contributed by atoms with Crippen LogP contribution in [0.15, 0.2) is 0 Å². The van der Waals surface area contributed by atoms with Gasteiger partial charge < -0.3 is 9.84 Å². The molecule has 0 saturated carbocycles. The van der Waals surface area contributed by atoms with Gasteiger partial charge in [0.15, 0.2) is 0 Å². The molecule has 0 aliphatic heterocycles. The van der Waals surface area contributed by atoms with Crippen LogP contribution in [0.1, 0.15) is 18.9 Å². The molecule has 0 radical (unpaired) electrons. The second-order valence-electron chi connectivity index (χ2n) is 4.31. The molecule has 0 atom stereocenters. The third kappa shape index (κ3) is 2.32. The molecular formula is C10H18B4O2. The van der Waals surface area contributed by atoms with Crippen molar-refractivity contribution in [1.82, 2.24) is 0 Å². The summed E-state index contributed by atoms with van der Waals surface area (Å²) in [5.41, 5.74) is 5.65. The van der Waals surface area contributed by atoms with Crippen LogP contribution in [-0.4, -0.2) is 43.1 Å². The Balaban J connectivity index is 3.29. The molecule has 0 aromatic heterocycles. The molecule has 1 N–H and O–H groups in total. The molecule has 0 bridgehead atoms. The monoisotopic (exact) mass is 214 g/mol. The molecule has 0 heterocycles. The van der Waals surface area contributed by atoms with E-state index in [1.54, 1.807) is 0 Å². The summed E-state index contributed by atoms with van der Waals surface area (Å²) in [5, 5.41) is 9.37. The summed E-state index contributed by atoms with van der Waals surface area (Å²) >= 11 is 0. The Labute approximate surface area is 101 Å². The first kappa shape index (κ1) is 13.3. The van der Waals surface area contributed by atoms with Crippen molar-refractivity contribution in [2.45, 2.75) is 20.0 Å². The number of hydrogen-bond donors (Lipinski definition) is 1. The van der Waals surface area contributed by atoms with Crippen LogP contribution in [0, 0.1) is 0 Å². The fourth-order valence-corrected chi connectivity index (χ4v) is 2.01. The molecule has 2 nitrogen and oxygen atoms in total. The van der Waals surface area contributed by atoms with Gasteiger partial charge >= 0.3 is 0 Å². The maximum atomic E-state index is 9.37. The van der Waals surface area contributed by atoms with E-state index in [0.717, 1.165) is 46.2 Å². The van der Waals surface area contributed by atoms with Crippen molar-refractivity contribution < 1.29 is 9.84 Å². The van der Waals surface area contributed by atoms with E-state index >= 15 is 0 Å². The van der Waals surface area contributed by atoms with Gasteiger partial charge in [0.05, 0.1) is 13.2 Å². The fourth-order valence-electron chi connectivity index (χ4n) is 2.01. The van der Waals surface area contributed by atoms with Crippen LogP contribution in [-0.2, 0) is 6.61 Å². The first-order valence-corrected chi connectivity index (χ1v) is 5.87. The first-order valence-electron chi connectivity index (χ1n) is 5.87. The number of hydrogen-bond acceptors (Lipinski definition) is 2. The zero-order valence-corrected chi connectivity index (χ0v) is 11.0. The predicted molar refractivity (Wildman–Crippen MR) is 80.9 cm³/mol. The molecule has 0 aliphatic carbocycles. The van der Waals surface area contributed by atoms with Crippen molar-refractivity contribution in [3.8, 4) is 5.75 Å². The second kappa shape index (κ2) is 5.53. The van der Waals surface area contributed by atoms with Crippen LogP contribution in [0.2, 0.25) is 0 Å². The largest absolute Gasteiger partial charge is 0.495 e. The van der Waals surface area contributed by atoms with Gasteiger partial charge in [0.25, 0.3) is 0 Å². The summed E-state index contributed by atoms with van der Waals surface area (Å²) < 4.78 is 5.80. The van der Waals surface area contributed by atoms with Crippen LogP contribution in [0.4, 0.5) is 0 Å². The number of rotatable bonds is 4. The molecule has 16 heavy (non-hydrogen) atoms. The fraction of sp³-hybridized carbons (Fsp3) is 0.400. The van der Waals surface area contributed by atoms with E-state index < -0.39 is 0 Å². The summed E-state index contributed by atoms with van der Waals surface area (Å²) in [6.07, 6.45) is 1.01. The Hall–Kier alpha value is -0.760. The average molecular weight is 213 g/mol. The molecule has 6 heteroatoms. The molecule has 1 rings (SSSR count). The van der Waals surface area contributed by atoms with E-state index in [9.17, 15) is 5.11 Å². The molecule has 0 unspecified atom stereocenters. The van der Waals surface area contributed by atoms with E-state index in [1.165, 1.54) is 0 Å². The van der Waals surface area contributed by atoms with Crippen LogP contribution < -0.4 is 26.6 Å². The van der Waals surface area contributed by atoms with Crippen LogP contribution >= 0.6 is 0 Å². The lowest BCUT2D eigenvalue weighted by molar-refractivity contribution is 0.283. The molecule has 0 spiro atoms. The van der Waals surface area contributed by atoms with E-state index in [4.69, 9.17) is 4.74 Å². The predicted octanol–water partition coefficient (Wildman–Crippen LogP) is -5.00. The summed E-state index contributed by atoms with van der Waals surface area (Å²) in [4.78, 5) is 0. The van der Waals surface area contributed by atoms with Gasteiger partial charge in [0.2, 0.25) is 0 Å². The van der Waals surface area contributed by atoms with Crippen molar-refractivity contribution in [1.29, 1.82) is 0 Å². The quantitative estimate of drug-likeness (QED) is 0.508. The van der Waals surface area contributed by atoms with E-state index in [2.05, 4.69) is 22.6 Å². The molecule has 0 amide bonds. The minimum Gasteiger partial charge on any atom is -0.495 e. The number of benzene rings is 1. The molecule has 1 aromatic carbocycles. The normalized spacial score (nSPS) is 10.4. The number of aliphatic hydroxyl groups is 1. The summed E-state index contributed by atoms with van der Waals surface area (Å²) in [6.45, 7) is 2.96. The Morgan fingerprint density at radius 1 is 1.00 bits per heavy atom. The molecule has 82 valence electrons. The summed E-state index contributed by atoms with van der Waals surface area (Å²) in [6, 6.07) is 0. The van der Waals surface area contributed by atoms with Crippen molar-refractivity contribution in [2.75, 3.05) is 6.61 Å². The van der Waals surface area contributed by atoms with Gasteiger partial charge in [-0.05, 0) is 12.0 Å². The third-order valence-electron chi connectivity index (χ3n) is 3.32. The highest BCUT2D eigenvalue weighted by molar-refractivity contribution is 6.58. The van der Waals surface area contributed by atoms with Gasteiger partial charge in [-0.2, -0.15) is 0 Å². The highest BCUT2D eigenvalue weighted by atomic mass is 16.5. The Morgan fingerprint density at radius 2 is 1.50 bits per heavy atom. The molecule has 1 aromatic rings. The van der Waals surface area contributed by atoms with Crippen LogP contribution in [0.3, 0.4) is 0 Å². The van der Waals surface area contributed by atoms with E-state index in [0.29, 0.717) is 0 Å². The Bertz CT molecular complexity index is 364. The lowest BCUT2D eigenvalue weighted by Crippen LogP contribution is -2.45. The zero-order chi connectivity index (χ0) is 12.3. The van der Waals surface area contributed by atoms with E-state index in [1.807, 2.05) is 15.7 Å². The van der Waals surface area contributed by atoms with Crippen molar-refractivity contribution in [3.63, 3.8) is 0 Å².